The van der Waals surface area contributed by atoms with Crippen molar-refractivity contribution in [2.75, 3.05) is 18.5 Å². The molecule has 1 aliphatic heterocycles. The van der Waals surface area contributed by atoms with Crippen LogP contribution >= 0.6 is 0 Å². The van der Waals surface area contributed by atoms with Crippen LogP contribution in [-0.4, -0.2) is 35.6 Å². The third-order valence-corrected chi connectivity index (χ3v) is 4.14. The normalized spacial score (nSPS) is 21.7. The van der Waals surface area contributed by atoms with Gasteiger partial charge < -0.3 is 10.2 Å². The van der Waals surface area contributed by atoms with Crippen LogP contribution in [0, 0.1) is 0 Å². The molecule has 2 rings (SSSR count). The van der Waals surface area contributed by atoms with E-state index in [0.717, 1.165) is 18.1 Å². The SMILES string of the molecule is CNC(C)C1CCCCN1c1cc(C(C)C)ncn1. The van der Waals surface area contributed by atoms with E-state index in [4.69, 9.17) is 0 Å². The van der Waals surface area contributed by atoms with Crippen LogP contribution in [0.2, 0.25) is 0 Å². The van der Waals surface area contributed by atoms with Gasteiger partial charge in [0, 0.05) is 30.4 Å². The Morgan fingerprint density at radius 1 is 1.26 bits per heavy atom. The Kier molecular flexibility index (Phi) is 4.75. The van der Waals surface area contributed by atoms with E-state index in [1.807, 2.05) is 7.05 Å². The predicted molar refractivity (Wildman–Crippen MR) is 79.6 cm³/mol. The molecular weight excluding hydrogens is 236 g/mol. The zero-order valence-electron chi connectivity index (χ0n) is 12.6. The molecule has 0 bridgehead atoms. The van der Waals surface area contributed by atoms with Crippen molar-refractivity contribution in [2.24, 2.45) is 0 Å². The van der Waals surface area contributed by atoms with Crippen LogP contribution in [0.4, 0.5) is 5.82 Å². The molecular formula is C15H26N4. The fourth-order valence-corrected chi connectivity index (χ4v) is 2.79. The number of anilines is 1. The molecule has 0 radical (unpaired) electrons. The van der Waals surface area contributed by atoms with Gasteiger partial charge in [-0.05, 0) is 39.2 Å². The average molecular weight is 262 g/mol. The quantitative estimate of drug-likeness (QED) is 0.905. The molecule has 2 heterocycles. The van der Waals surface area contributed by atoms with E-state index in [2.05, 4.69) is 47.0 Å². The first-order valence-electron chi connectivity index (χ1n) is 7.39. The molecule has 0 spiro atoms. The predicted octanol–water partition coefficient (Wildman–Crippen LogP) is 2.57. The van der Waals surface area contributed by atoms with Crippen LogP contribution in [0.5, 0.6) is 0 Å². The maximum Gasteiger partial charge on any atom is 0.132 e. The maximum absolute atomic E-state index is 4.50. The van der Waals surface area contributed by atoms with Gasteiger partial charge in [0.2, 0.25) is 0 Å². The van der Waals surface area contributed by atoms with Crippen molar-refractivity contribution in [3.63, 3.8) is 0 Å². The van der Waals surface area contributed by atoms with Crippen LogP contribution in [0.3, 0.4) is 0 Å². The Bertz CT molecular complexity index is 405. The lowest BCUT2D eigenvalue weighted by Gasteiger charge is -2.40. The summed E-state index contributed by atoms with van der Waals surface area (Å²) in [7, 11) is 2.04. The Labute approximate surface area is 116 Å². The summed E-state index contributed by atoms with van der Waals surface area (Å²) < 4.78 is 0. The monoisotopic (exact) mass is 262 g/mol. The molecule has 0 aliphatic carbocycles. The third-order valence-electron chi connectivity index (χ3n) is 4.14. The smallest absolute Gasteiger partial charge is 0.132 e. The Balaban J connectivity index is 2.24. The summed E-state index contributed by atoms with van der Waals surface area (Å²) in [5.74, 6) is 1.54. The van der Waals surface area contributed by atoms with Gasteiger partial charge in [-0.3, -0.25) is 0 Å². The zero-order chi connectivity index (χ0) is 13.8. The fourth-order valence-electron chi connectivity index (χ4n) is 2.79. The van der Waals surface area contributed by atoms with Gasteiger partial charge in [0.05, 0.1) is 0 Å². The van der Waals surface area contributed by atoms with Crippen molar-refractivity contribution in [2.45, 2.75) is 58.0 Å². The van der Waals surface area contributed by atoms with E-state index < -0.39 is 0 Å². The molecule has 0 amide bonds. The van der Waals surface area contributed by atoms with Crippen LogP contribution in [-0.2, 0) is 0 Å². The van der Waals surface area contributed by atoms with E-state index in [-0.39, 0.29) is 0 Å². The highest BCUT2D eigenvalue weighted by atomic mass is 15.2. The number of nitrogens with one attached hydrogen (secondary N) is 1. The molecule has 1 aromatic rings. The van der Waals surface area contributed by atoms with Crippen molar-refractivity contribution in [1.82, 2.24) is 15.3 Å². The molecule has 4 nitrogen and oxygen atoms in total. The summed E-state index contributed by atoms with van der Waals surface area (Å²) in [6.45, 7) is 7.71. The zero-order valence-corrected chi connectivity index (χ0v) is 12.6. The number of hydrogen-bond acceptors (Lipinski definition) is 4. The second-order valence-electron chi connectivity index (χ2n) is 5.79. The van der Waals surface area contributed by atoms with Gasteiger partial charge in [-0.15, -0.1) is 0 Å². The average Bonchev–Trinajstić information content (AvgIpc) is 2.46. The first kappa shape index (κ1) is 14.3. The van der Waals surface area contributed by atoms with Gasteiger partial charge in [0.25, 0.3) is 0 Å². The first-order chi connectivity index (χ1) is 9.13. The number of piperidine rings is 1. The van der Waals surface area contributed by atoms with Crippen LogP contribution in [0.1, 0.15) is 51.6 Å². The van der Waals surface area contributed by atoms with Gasteiger partial charge in [-0.25, -0.2) is 9.97 Å². The Morgan fingerprint density at radius 2 is 2.05 bits per heavy atom. The highest BCUT2D eigenvalue weighted by Gasteiger charge is 2.27. The lowest BCUT2D eigenvalue weighted by Crippen LogP contribution is -2.50. The molecule has 2 atom stereocenters. The summed E-state index contributed by atoms with van der Waals surface area (Å²) in [5.41, 5.74) is 1.13. The molecule has 1 aliphatic rings. The van der Waals surface area contributed by atoms with Crippen molar-refractivity contribution < 1.29 is 0 Å². The third kappa shape index (κ3) is 3.24. The summed E-state index contributed by atoms with van der Waals surface area (Å²) in [6, 6.07) is 3.18. The van der Waals surface area contributed by atoms with E-state index >= 15 is 0 Å². The van der Waals surface area contributed by atoms with Gasteiger partial charge >= 0.3 is 0 Å². The van der Waals surface area contributed by atoms with Gasteiger partial charge in [-0.2, -0.15) is 0 Å². The summed E-state index contributed by atoms with van der Waals surface area (Å²) >= 11 is 0. The summed E-state index contributed by atoms with van der Waals surface area (Å²) in [4.78, 5) is 11.3. The number of rotatable bonds is 4. The summed E-state index contributed by atoms with van der Waals surface area (Å²) in [5, 5.41) is 3.39. The summed E-state index contributed by atoms with van der Waals surface area (Å²) in [6.07, 6.45) is 5.52. The lowest BCUT2D eigenvalue weighted by molar-refractivity contribution is 0.380. The molecule has 1 aromatic heterocycles. The van der Waals surface area contributed by atoms with Gasteiger partial charge in [0.1, 0.15) is 12.1 Å². The highest BCUT2D eigenvalue weighted by molar-refractivity contribution is 5.42. The number of likely N-dealkylation sites (N-methyl/N-ethyl adjacent to an activating group) is 1. The van der Waals surface area contributed by atoms with Crippen LogP contribution < -0.4 is 10.2 Å². The Morgan fingerprint density at radius 3 is 2.74 bits per heavy atom. The first-order valence-corrected chi connectivity index (χ1v) is 7.39. The number of hydrogen-bond donors (Lipinski definition) is 1. The molecule has 1 fully saturated rings. The minimum atomic E-state index is 0.451. The standard InChI is InChI=1S/C15H26N4/c1-11(2)13-9-15(18-10-17-13)19-8-6-5-7-14(19)12(3)16-4/h9-12,14,16H,5-8H2,1-4H3. The van der Waals surface area contributed by atoms with Gasteiger partial charge in [-0.1, -0.05) is 13.8 Å². The molecule has 19 heavy (non-hydrogen) atoms. The van der Waals surface area contributed by atoms with E-state index in [1.165, 1.54) is 19.3 Å². The van der Waals surface area contributed by atoms with E-state index in [9.17, 15) is 0 Å². The second kappa shape index (κ2) is 6.33. The minimum absolute atomic E-state index is 0.451. The van der Waals surface area contributed by atoms with Gasteiger partial charge in [0.15, 0.2) is 0 Å². The topological polar surface area (TPSA) is 41.0 Å². The fraction of sp³-hybridized carbons (Fsp3) is 0.733. The van der Waals surface area contributed by atoms with Crippen molar-refractivity contribution >= 4 is 5.82 Å². The lowest BCUT2D eigenvalue weighted by atomic mass is 9.96. The largest absolute Gasteiger partial charge is 0.352 e. The molecule has 1 saturated heterocycles. The molecule has 1 N–H and O–H groups in total. The van der Waals surface area contributed by atoms with E-state index in [1.54, 1.807) is 6.33 Å². The molecule has 106 valence electrons. The van der Waals surface area contributed by atoms with Crippen molar-refractivity contribution in [3.05, 3.63) is 18.1 Å². The number of nitrogens with zero attached hydrogens (tertiary/aromatic N) is 3. The molecule has 2 unspecified atom stereocenters. The van der Waals surface area contributed by atoms with Crippen LogP contribution in [0.25, 0.3) is 0 Å². The molecule has 0 aromatic carbocycles. The highest BCUT2D eigenvalue weighted by Crippen LogP contribution is 2.26. The molecule has 4 heteroatoms. The minimum Gasteiger partial charge on any atom is -0.352 e. The maximum atomic E-state index is 4.50. The van der Waals surface area contributed by atoms with Crippen molar-refractivity contribution in [1.29, 1.82) is 0 Å². The Hall–Kier alpha value is -1.16. The van der Waals surface area contributed by atoms with Crippen LogP contribution in [0.15, 0.2) is 12.4 Å². The second-order valence-corrected chi connectivity index (χ2v) is 5.79. The van der Waals surface area contributed by atoms with Crippen molar-refractivity contribution in [3.8, 4) is 0 Å². The van der Waals surface area contributed by atoms with E-state index in [0.29, 0.717) is 18.0 Å². The number of aromatic nitrogens is 2. The molecule has 0 saturated carbocycles.